The summed E-state index contributed by atoms with van der Waals surface area (Å²) in [5.41, 5.74) is 7.38. The molecule has 2 rings (SSSR count). The zero-order valence-corrected chi connectivity index (χ0v) is 8.48. The van der Waals surface area contributed by atoms with E-state index in [2.05, 4.69) is 16.4 Å². The number of anilines is 1. The predicted molar refractivity (Wildman–Crippen MR) is 58.2 cm³/mol. The van der Waals surface area contributed by atoms with Gasteiger partial charge in [0, 0.05) is 18.3 Å². The third-order valence-corrected chi connectivity index (χ3v) is 2.85. The van der Waals surface area contributed by atoms with Crippen molar-refractivity contribution >= 4 is 5.69 Å². The lowest BCUT2D eigenvalue weighted by Crippen LogP contribution is -2.35. The summed E-state index contributed by atoms with van der Waals surface area (Å²) in [6, 6.07) is 4.32. The average molecular weight is 202 g/mol. The first-order chi connectivity index (χ1) is 7.31. The number of aromatic nitrogens is 1. The van der Waals surface area contributed by atoms with Crippen molar-refractivity contribution in [1.29, 1.82) is 5.26 Å². The molecule has 0 radical (unpaired) electrons. The second kappa shape index (κ2) is 4.28. The van der Waals surface area contributed by atoms with Gasteiger partial charge >= 0.3 is 0 Å². The molecular weight excluding hydrogens is 188 g/mol. The number of nitrogens with two attached hydrogens (primary N) is 1. The number of hydrogen-bond donors (Lipinski definition) is 2. The summed E-state index contributed by atoms with van der Waals surface area (Å²) in [5.74, 6) is 0. The maximum absolute atomic E-state index is 8.91. The minimum atomic E-state index is 0.191. The van der Waals surface area contributed by atoms with Crippen LogP contribution in [0.5, 0.6) is 0 Å². The summed E-state index contributed by atoms with van der Waals surface area (Å²) >= 11 is 0. The molecule has 2 unspecified atom stereocenters. The van der Waals surface area contributed by atoms with E-state index in [1.165, 1.54) is 0 Å². The Morgan fingerprint density at radius 1 is 1.53 bits per heavy atom. The van der Waals surface area contributed by atoms with E-state index in [4.69, 9.17) is 11.0 Å². The van der Waals surface area contributed by atoms with E-state index in [1.54, 1.807) is 18.5 Å². The number of nitriles is 1. The van der Waals surface area contributed by atoms with Gasteiger partial charge in [0.2, 0.25) is 0 Å². The van der Waals surface area contributed by atoms with Crippen molar-refractivity contribution in [3.63, 3.8) is 0 Å². The van der Waals surface area contributed by atoms with Crippen LogP contribution in [0.3, 0.4) is 0 Å². The number of nitrogens with zero attached hydrogens (tertiary/aromatic N) is 2. The summed E-state index contributed by atoms with van der Waals surface area (Å²) in [7, 11) is 0. The molecule has 0 saturated heterocycles. The first-order valence-corrected chi connectivity index (χ1v) is 5.17. The maximum atomic E-state index is 8.91. The van der Waals surface area contributed by atoms with E-state index in [1.807, 2.05) is 0 Å². The summed E-state index contributed by atoms with van der Waals surface area (Å²) in [6.45, 7) is 0. The molecule has 1 aromatic rings. The molecule has 15 heavy (non-hydrogen) atoms. The van der Waals surface area contributed by atoms with E-state index in [-0.39, 0.29) is 12.1 Å². The van der Waals surface area contributed by atoms with Gasteiger partial charge < -0.3 is 11.1 Å². The van der Waals surface area contributed by atoms with Crippen molar-refractivity contribution < 1.29 is 0 Å². The molecule has 1 aromatic heterocycles. The number of rotatable bonds is 2. The molecule has 0 spiro atoms. The van der Waals surface area contributed by atoms with Crippen molar-refractivity contribution in [2.75, 3.05) is 5.32 Å². The van der Waals surface area contributed by atoms with Crippen LogP contribution in [0.25, 0.3) is 0 Å². The van der Waals surface area contributed by atoms with Crippen molar-refractivity contribution in [3.05, 3.63) is 24.0 Å². The molecule has 1 aliphatic rings. The molecule has 0 aromatic carbocycles. The van der Waals surface area contributed by atoms with Crippen molar-refractivity contribution in [2.45, 2.75) is 31.3 Å². The topological polar surface area (TPSA) is 74.7 Å². The van der Waals surface area contributed by atoms with E-state index < -0.39 is 0 Å². The lowest BCUT2D eigenvalue weighted by atomic mass is 10.1. The van der Waals surface area contributed by atoms with Crippen LogP contribution < -0.4 is 11.1 Å². The fourth-order valence-corrected chi connectivity index (χ4v) is 1.97. The molecule has 1 fully saturated rings. The summed E-state index contributed by atoms with van der Waals surface area (Å²) in [5, 5.41) is 12.2. The standard InChI is InChI=1S/C11H14N4/c12-6-8-4-5-14-7-11(8)15-10-3-1-2-9(10)13/h4-5,7,9-10,15H,1-3,13H2. The van der Waals surface area contributed by atoms with E-state index in [0.29, 0.717) is 5.56 Å². The lowest BCUT2D eigenvalue weighted by molar-refractivity contribution is 0.637. The van der Waals surface area contributed by atoms with Gasteiger partial charge in [-0.25, -0.2) is 0 Å². The van der Waals surface area contributed by atoms with Crippen LogP contribution in [0.2, 0.25) is 0 Å². The normalized spacial score (nSPS) is 24.8. The van der Waals surface area contributed by atoms with E-state index in [0.717, 1.165) is 24.9 Å². The Hall–Kier alpha value is -1.60. The summed E-state index contributed by atoms with van der Waals surface area (Å²) < 4.78 is 0. The van der Waals surface area contributed by atoms with Crippen LogP contribution in [0.1, 0.15) is 24.8 Å². The molecule has 4 heteroatoms. The molecule has 2 atom stereocenters. The fraction of sp³-hybridized carbons (Fsp3) is 0.455. The minimum Gasteiger partial charge on any atom is -0.378 e. The third-order valence-electron chi connectivity index (χ3n) is 2.85. The molecule has 3 N–H and O–H groups in total. The smallest absolute Gasteiger partial charge is 0.101 e. The largest absolute Gasteiger partial charge is 0.378 e. The molecule has 1 aliphatic carbocycles. The Morgan fingerprint density at radius 2 is 2.40 bits per heavy atom. The molecule has 0 amide bonds. The van der Waals surface area contributed by atoms with Crippen molar-refractivity contribution in [3.8, 4) is 6.07 Å². The number of nitrogens with one attached hydrogen (secondary N) is 1. The Morgan fingerprint density at radius 3 is 3.07 bits per heavy atom. The highest BCUT2D eigenvalue weighted by Crippen LogP contribution is 2.22. The van der Waals surface area contributed by atoms with Gasteiger partial charge in [-0.2, -0.15) is 5.26 Å². The van der Waals surface area contributed by atoms with Gasteiger partial charge in [0.25, 0.3) is 0 Å². The highest BCUT2D eigenvalue weighted by Gasteiger charge is 2.24. The summed E-state index contributed by atoms with van der Waals surface area (Å²) in [4.78, 5) is 4.01. The lowest BCUT2D eigenvalue weighted by Gasteiger charge is -2.18. The minimum absolute atomic E-state index is 0.191. The molecular formula is C11H14N4. The number of pyridine rings is 1. The average Bonchev–Trinajstić information content (AvgIpc) is 2.65. The number of hydrogen-bond acceptors (Lipinski definition) is 4. The Bertz CT molecular complexity index is 382. The van der Waals surface area contributed by atoms with Crippen LogP contribution in [0, 0.1) is 11.3 Å². The predicted octanol–water partition coefficient (Wildman–Crippen LogP) is 1.24. The van der Waals surface area contributed by atoms with Crippen LogP contribution >= 0.6 is 0 Å². The van der Waals surface area contributed by atoms with Crippen LogP contribution in [-0.2, 0) is 0 Å². The fourth-order valence-electron chi connectivity index (χ4n) is 1.97. The van der Waals surface area contributed by atoms with E-state index in [9.17, 15) is 0 Å². The maximum Gasteiger partial charge on any atom is 0.101 e. The van der Waals surface area contributed by atoms with E-state index >= 15 is 0 Å². The highest BCUT2D eigenvalue weighted by atomic mass is 15.0. The van der Waals surface area contributed by atoms with Crippen molar-refractivity contribution in [2.24, 2.45) is 5.73 Å². The van der Waals surface area contributed by atoms with Gasteiger partial charge in [-0.15, -0.1) is 0 Å². The van der Waals surface area contributed by atoms with Crippen LogP contribution in [-0.4, -0.2) is 17.1 Å². The molecule has 0 bridgehead atoms. The van der Waals surface area contributed by atoms with Gasteiger partial charge in [-0.05, 0) is 25.3 Å². The Labute approximate surface area is 89.1 Å². The van der Waals surface area contributed by atoms with Gasteiger partial charge in [0.15, 0.2) is 0 Å². The van der Waals surface area contributed by atoms with Gasteiger partial charge in [0.05, 0.1) is 17.4 Å². The second-order valence-corrected chi connectivity index (χ2v) is 3.88. The van der Waals surface area contributed by atoms with Gasteiger partial charge in [0.1, 0.15) is 6.07 Å². The monoisotopic (exact) mass is 202 g/mol. The zero-order chi connectivity index (χ0) is 10.7. The van der Waals surface area contributed by atoms with Crippen LogP contribution in [0.15, 0.2) is 18.5 Å². The Balaban J connectivity index is 2.14. The molecule has 1 heterocycles. The third kappa shape index (κ3) is 2.08. The SMILES string of the molecule is N#Cc1ccncc1NC1CCCC1N. The first kappa shape index (κ1) is 9.94. The first-order valence-electron chi connectivity index (χ1n) is 5.17. The molecule has 4 nitrogen and oxygen atoms in total. The molecule has 1 saturated carbocycles. The highest BCUT2D eigenvalue weighted by molar-refractivity contribution is 5.56. The molecule has 78 valence electrons. The Kier molecular flexibility index (Phi) is 2.84. The van der Waals surface area contributed by atoms with Gasteiger partial charge in [-0.1, -0.05) is 0 Å². The van der Waals surface area contributed by atoms with Gasteiger partial charge in [-0.3, -0.25) is 4.98 Å². The molecule has 0 aliphatic heterocycles. The van der Waals surface area contributed by atoms with Crippen molar-refractivity contribution in [1.82, 2.24) is 4.98 Å². The van der Waals surface area contributed by atoms with Crippen LogP contribution in [0.4, 0.5) is 5.69 Å². The quantitative estimate of drug-likeness (QED) is 0.756. The second-order valence-electron chi connectivity index (χ2n) is 3.88. The zero-order valence-electron chi connectivity index (χ0n) is 8.48. The summed E-state index contributed by atoms with van der Waals surface area (Å²) in [6.07, 6.45) is 6.59.